The van der Waals surface area contributed by atoms with Crippen molar-refractivity contribution in [1.82, 2.24) is 0 Å². The van der Waals surface area contributed by atoms with Crippen molar-refractivity contribution in [3.05, 3.63) is 40.9 Å². The van der Waals surface area contributed by atoms with Gasteiger partial charge in [-0.05, 0) is 31.4 Å². The van der Waals surface area contributed by atoms with E-state index in [9.17, 15) is 4.79 Å². The summed E-state index contributed by atoms with van der Waals surface area (Å²) in [6.07, 6.45) is 3.00. The molecule has 0 bridgehead atoms. The van der Waals surface area contributed by atoms with Crippen molar-refractivity contribution in [3.8, 4) is 11.8 Å². The summed E-state index contributed by atoms with van der Waals surface area (Å²) in [6.45, 7) is 6.81. The molecule has 0 radical (unpaired) electrons. The Balaban J connectivity index is 2.06. The van der Waals surface area contributed by atoms with Crippen LogP contribution in [0.25, 0.3) is 0 Å². The quantitative estimate of drug-likeness (QED) is 0.715. The van der Waals surface area contributed by atoms with Gasteiger partial charge in [0.25, 0.3) is 0 Å². The van der Waals surface area contributed by atoms with Crippen LogP contribution < -0.4 is 4.90 Å². The summed E-state index contributed by atoms with van der Waals surface area (Å²) in [4.78, 5) is 13.6. The van der Waals surface area contributed by atoms with E-state index in [2.05, 4.69) is 34.3 Å². The molecule has 0 N–H and O–H groups in total. The zero-order valence-electron chi connectivity index (χ0n) is 13.9. The van der Waals surface area contributed by atoms with Crippen LogP contribution in [0.3, 0.4) is 0 Å². The lowest BCUT2D eigenvalue weighted by atomic mass is 10.1. The minimum Gasteiger partial charge on any atom is -0.353 e. The average Bonchev–Trinajstić information content (AvgIpc) is 2.58. The van der Waals surface area contributed by atoms with Crippen LogP contribution in [0.5, 0.6) is 0 Å². The number of benzene rings is 1. The third-order valence-electron chi connectivity index (χ3n) is 3.61. The normalized spacial score (nSPS) is 16.8. The van der Waals surface area contributed by atoms with Crippen molar-refractivity contribution in [3.63, 3.8) is 0 Å². The highest BCUT2D eigenvalue weighted by atomic mass is 79.9. The molecule has 0 saturated carbocycles. The fourth-order valence-corrected chi connectivity index (χ4v) is 2.71. The first kappa shape index (κ1) is 18.7. The van der Waals surface area contributed by atoms with Gasteiger partial charge in [-0.15, -0.1) is 0 Å². The Labute approximate surface area is 151 Å². The van der Waals surface area contributed by atoms with Crippen molar-refractivity contribution in [2.45, 2.75) is 32.5 Å². The van der Waals surface area contributed by atoms with Crippen LogP contribution in [0.2, 0.25) is 0 Å². The molecule has 24 heavy (non-hydrogen) atoms. The summed E-state index contributed by atoms with van der Waals surface area (Å²) >= 11 is 3.31. The Bertz CT molecular complexity index is 642. The van der Waals surface area contributed by atoms with Crippen LogP contribution in [0.15, 0.2) is 35.3 Å². The van der Waals surface area contributed by atoms with Crippen LogP contribution in [0.1, 0.15) is 31.7 Å². The van der Waals surface area contributed by atoms with Crippen molar-refractivity contribution in [2.75, 3.05) is 24.7 Å². The van der Waals surface area contributed by atoms with E-state index in [1.807, 2.05) is 24.3 Å². The molecule has 2 rings (SSSR count). The summed E-state index contributed by atoms with van der Waals surface area (Å²) in [7, 11) is 0. The molecular formula is C19H22BrNO3. The van der Waals surface area contributed by atoms with Crippen molar-refractivity contribution >= 4 is 27.5 Å². The minimum atomic E-state index is -0.145. The number of amides is 1. The van der Waals surface area contributed by atoms with Gasteiger partial charge in [0.05, 0.1) is 12.2 Å². The van der Waals surface area contributed by atoms with Gasteiger partial charge in [-0.3, -0.25) is 4.79 Å². The van der Waals surface area contributed by atoms with Gasteiger partial charge in [0.15, 0.2) is 6.29 Å². The van der Waals surface area contributed by atoms with Crippen molar-refractivity contribution < 1.29 is 14.3 Å². The fourth-order valence-electron chi connectivity index (χ4n) is 2.46. The van der Waals surface area contributed by atoms with Gasteiger partial charge in [0.1, 0.15) is 6.61 Å². The lowest BCUT2D eigenvalue weighted by Crippen LogP contribution is -2.30. The Hall–Kier alpha value is -1.61. The minimum absolute atomic E-state index is 0.0586. The van der Waals surface area contributed by atoms with E-state index >= 15 is 0 Å². The topological polar surface area (TPSA) is 38.8 Å². The first-order valence-electron chi connectivity index (χ1n) is 8.00. The smallest absolute Gasteiger partial charge is 0.224 e. The van der Waals surface area contributed by atoms with E-state index in [0.29, 0.717) is 13.2 Å². The summed E-state index contributed by atoms with van der Waals surface area (Å²) in [5, 5.41) is 0. The molecule has 1 aliphatic heterocycles. The van der Waals surface area contributed by atoms with Gasteiger partial charge in [-0.25, -0.2) is 0 Å². The second-order valence-electron chi connectivity index (χ2n) is 5.55. The van der Waals surface area contributed by atoms with Crippen molar-refractivity contribution in [2.24, 2.45) is 0 Å². The maximum absolute atomic E-state index is 11.9. The Kier molecular flexibility index (Phi) is 7.51. The molecule has 1 saturated heterocycles. The van der Waals surface area contributed by atoms with E-state index in [-0.39, 0.29) is 12.2 Å². The van der Waals surface area contributed by atoms with Crippen LogP contribution in [-0.2, 0) is 14.3 Å². The van der Waals surface area contributed by atoms with Crippen LogP contribution >= 0.6 is 15.9 Å². The zero-order valence-corrected chi connectivity index (χ0v) is 15.5. The summed E-state index contributed by atoms with van der Waals surface area (Å²) < 4.78 is 11.9. The highest BCUT2D eigenvalue weighted by molar-refractivity contribution is 9.11. The molecule has 1 fully saturated rings. The molecule has 1 amide bonds. The second-order valence-corrected chi connectivity index (χ2v) is 6.67. The largest absolute Gasteiger partial charge is 0.353 e. The molecule has 1 heterocycles. The molecule has 1 atom stereocenters. The zero-order chi connectivity index (χ0) is 17.4. The number of rotatable bonds is 5. The van der Waals surface area contributed by atoms with E-state index in [1.165, 1.54) is 6.92 Å². The number of ether oxygens (including phenoxy) is 2. The lowest BCUT2D eigenvalue weighted by molar-refractivity contribution is -0.154. The summed E-state index contributed by atoms with van der Waals surface area (Å²) in [5.74, 6) is 6.05. The van der Waals surface area contributed by atoms with Gasteiger partial charge in [0, 0.05) is 23.6 Å². The number of carbonyl (C=O) groups excluding carboxylic acids is 1. The van der Waals surface area contributed by atoms with E-state index < -0.39 is 0 Å². The lowest BCUT2D eigenvalue weighted by Gasteiger charge is -2.22. The number of para-hydroxylation sites is 1. The molecule has 1 aromatic carbocycles. The van der Waals surface area contributed by atoms with Crippen molar-refractivity contribution in [1.29, 1.82) is 0 Å². The molecule has 128 valence electrons. The predicted octanol–water partition coefficient (Wildman–Crippen LogP) is 3.84. The molecule has 0 aromatic heterocycles. The molecule has 1 unspecified atom stereocenters. The molecular weight excluding hydrogens is 370 g/mol. The van der Waals surface area contributed by atoms with E-state index in [1.54, 1.807) is 4.90 Å². The summed E-state index contributed by atoms with van der Waals surface area (Å²) in [5.41, 5.74) is 1.56. The monoisotopic (exact) mass is 391 g/mol. The maximum Gasteiger partial charge on any atom is 0.224 e. The Morgan fingerprint density at radius 1 is 1.46 bits per heavy atom. The van der Waals surface area contributed by atoms with Gasteiger partial charge in [-0.2, -0.15) is 0 Å². The highest BCUT2D eigenvalue weighted by Gasteiger charge is 2.15. The molecule has 4 nitrogen and oxygen atoms in total. The number of hydrogen-bond donors (Lipinski definition) is 0. The number of carbonyl (C=O) groups is 1. The van der Waals surface area contributed by atoms with E-state index in [0.717, 1.165) is 41.6 Å². The van der Waals surface area contributed by atoms with E-state index in [4.69, 9.17) is 9.47 Å². The number of hydrogen-bond acceptors (Lipinski definition) is 3. The number of halogens is 1. The molecule has 1 aliphatic rings. The second kappa shape index (κ2) is 9.63. The number of nitrogens with zero attached hydrogens (tertiary/aromatic N) is 1. The van der Waals surface area contributed by atoms with Crippen LogP contribution in [0, 0.1) is 11.8 Å². The molecule has 0 aliphatic carbocycles. The standard InChI is InChI=1S/C19H22BrNO3/c1-15(20)14-21(16(2)22)18-10-4-3-8-17(18)9-7-13-24-19-11-5-6-12-23-19/h3-4,8,10,19H,1,5-6,11-14H2,2H3. The molecule has 1 aromatic rings. The van der Waals surface area contributed by atoms with Gasteiger partial charge in [-0.1, -0.05) is 46.5 Å². The molecule has 5 heteroatoms. The van der Waals surface area contributed by atoms with Gasteiger partial charge >= 0.3 is 0 Å². The Morgan fingerprint density at radius 2 is 2.25 bits per heavy atom. The number of anilines is 1. The first-order valence-corrected chi connectivity index (χ1v) is 8.79. The first-order chi connectivity index (χ1) is 11.6. The average molecular weight is 392 g/mol. The van der Waals surface area contributed by atoms with Gasteiger partial charge < -0.3 is 14.4 Å². The third-order valence-corrected chi connectivity index (χ3v) is 3.86. The van der Waals surface area contributed by atoms with Crippen LogP contribution in [0.4, 0.5) is 5.69 Å². The molecule has 0 spiro atoms. The maximum atomic E-state index is 11.9. The van der Waals surface area contributed by atoms with Gasteiger partial charge in [0.2, 0.25) is 5.91 Å². The SMILES string of the molecule is C=C(Br)CN(C(C)=O)c1ccccc1C#CCOC1CCCCO1. The highest BCUT2D eigenvalue weighted by Crippen LogP contribution is 2.22. The Morgan fingerprint density at radius 3 is 2.92 bits per heavy atom. The third kappa shape index (κ3) is 5.79. The summed E-state index contributed by atoms with van der Waals surface area (Å²) in [6, 6.07) is 7.57. The van der Waals surface area contributed by atoms with Crippen LogP contribution in [-0.4, -0.2) is 32.0 Å². The fraction of sp³-hybridized carbons (Fsp3) is 0.421. The predicted molar refractivity (Wildman–Crippen MR) is 99.0 cm³/mol.